The summed E-state index contributed by atoms with van der Waals surface area (Å²) in [5, 5.41) is 2.09. The Morgan fingerprint density at radius 2 is 2.21 bits per heavy atom. The van der Waals surface area contributed by atoms with Crippen LogP contribution in [0, 0.1) is 0 Å². The number of rotatable bonds is 4. The van der Waals surface area contributed by atoms with Gasteiger partial charge >= 0.3 is 0 Å². The third kappa shape index (κ3) is 2.42. The standard InChI is InChI=1S/C14H15N3OS/c1-17(8-7-10-4-3-9-19-10)14-16-13-11(15)5-2-6-12(13)18-14/h2-6,9H,7-8,15H2,1H3. The van der Waals surface area contributed by atoms with E-state index >= 15 is 0 Å². The van der Waals surface area contributed by atoms with Gasteiger partial charge in [-0.1, -0.05) is 12.1 Å². The molecule has 3 aromatic rings. The third-order valence-corrected chi connectivity index (χ3v) is 3.98. The smallest absolute Gasteiger partial charge is 0.298 e. The van der Waals surface area contributed by atoms with Crippen LogP contribution < -0.4 is 10.6 Å². The van der Waals surface area contributed by atoms with E-state index in [1.54, 1.807) is 11.3 Å². The van der Waals surface area contributed by atoms with E-state index in [1.807, 2.05) is 30.1 Å². The summed E-state index contributed by atoms with van der Waals surface area (Å²) in [5.74, 6) is 0. The maximum absolute atomic E-state index is 5.88. The molecule has 1 aromatic carbocycles. The van der Waals surface area contributed by atoms with E-state index in [2.05, 4.69) is 22.5 Å². The Kier molecular flexibility index (Phi) is 3.13. The molecular formula is C14H15N3OS. The summed E-state index contributed by atoms with van der Waals surface area (Å²) < 4.78 is 5.72. The molecule has 0 saturated heterocycles. The summed E-state index contributed by atoms with van der Waals surface area (Å²) in [4.78, 5) is 7.83. The van der Waals surface area contributed by atoms with Gasteiger partial charge in [0.1, 0.15) is 5.52 Å². The number of nitrogens with two attached hydrogens (primary N) is 1. The molecule has 2 aromatic heterocycles. The summed E-state index contributed by atoms with van der Waals surface area (Å²) in [6.45, 7) is 0.868. The van der Waals surface area contributed by atoms with Crippen LogP contribution in [0.25, 0.3) is 11.1 Å². The molecule has 0 aliphatic rings. The molecule has 0 aliphatic carbocycles. The maximum Gasteiger partial charge on any atom is 0.298 e. The highest BCUT2D eigenvalue weighted by Crippen LogP contribution is 2.25. The number of nitrogen functional groups attached to an aromatic ring is 1. The molecule has 0 radical (unpaired) electrons. The van der Waals surface area contributed by atoms with Crippen molar-refractivity contribution in [2.45, 2.75) is 6.42 Å². The second kappa shape index (κ2) is 4.93. The van der Waals surface area contributed by atoms with E-state index in [0.29, 0.717) is 11.7 Å². The van der Waals surface area contributed by atoms with Gasteiger partial charge in [0.05, 0.1) is 5.69 Å². The zero-order valence-corrected chi connectivity index (χ0v) is 11.5. The first-order chi connectivity index (χ1) is 9.24. The fourth-order valence-electron chi connectivity index (χ4n) is 1.95. The number of thiophene rings is 1. The highest BCUT2D eigenvalue weighted by molar-refractivity contribution is 7.09. The Morgan fingerprint density at radius 3 is 2.95 bits per heavy atom. The van der Waals surface area contributed by atoms with Gasteiger partial charge in [-0.2, -0.15) is 4.98 Å². The summed E-state index contributed by atoms with van der Waals surface area (Å²) in [6.07, 6.45) is 0.988. The van der Waals surface area contributed by atoms with Gasteiger partial charge in [-0.25, -0.2) is 0 Å². The molecule has 3 rings (SSSR count). The van der Waals surface area contributed by atoms with Crippen molar-refractivity contribution in [1.82, 2.24) is 4.98 Å². The zero-order valence-electron chi connectivity index (χ0n) is 10.7. The fraction of sp³-hybridized carbons (Fsp3) is 0.214. The molecule has 0 spiro atoms. The maximum atomic E-state index is 5.88. The molecule has 0 atom stereocenters. The van der Waals surface area contributed by atoms with Gasteiger partial charge in [0.2, 0.25) is 0 Å². The normalized spacial score (nSPS) is 11.0. The lowest BCUT2D eigenvalue weighted by Crippen LogP contribution is -2.20. The van der Waals surface area contributed by atoms with Crippen LogP contribution in [0.3, 0.4) is 0 Å². The van der Waals surface area contributed by atoms with Crippen LogP contribution in [0.4, 0.5) is 11.7 Å². The second-order valence-corrected chi connectivity index (χ2v) is 5.47. The molecule has 0 fully saturated rings. The van der Waals surface area contributed by atoms with E-state index in [1.165, 1.54) is 4.88 Å². The lowest BCUT2D eigenvalue weighted by molar-refractivity contribution is 0.583. The Hall–Kier alpha value is -2.01. The molecule has 0 bridgehead atoms. The molecular weight excluding hydrogens is 258 g/mol. The predicted octanol–water partition coefficient (Wildman–Crippen LogP) is 3.15. The van der Waals surface area contributed by atoms with Crippen molar-refractivity contribution >= 4 is 34.1 Å². The van der Waals surface area contributed by atoms with Crippen molar-refractivity contribution in [3.8, 4) is 0 Å². The average Bonchev–Trinajstić information content (AvgIpc) is 3.05. The second-order valence-electron chi connectivity index (χ2n) is 4.44. The van der Waals surface area contributed by atoms with Crippen LogP contribution >= 0.6 is 11.3 Å². The largest absolute Gasteiger partial charge is 0.423 e. The number of hydrogen-bond donors (Lipinski definition) is 1. The monoisotopic (exact) mass is 273 g/mol. The van der Waals surface area contributed by atoms with Gasteiger partial charge in [0, 0.05) is 18.5 Å². The molecule has 0 aliphatic heterocycles. The number of hydrogen-bond acceptors (Lipinski definition) is 5. The van der Waals surface area contributed by atoms with Crippen molar-refractivity contribution < 1.29 is 4.42 Å². The van der Waals surface area contributed by atoms with Gasteiger partial charge < -0.3 is 15.1 Å². The molecule has 2 N–H and O–H groups in total. The number of benzene rings is 1. The molecule has 5 heteroatoms. The fourth-order valence-corrected chi connectivity index (χ4v) is 2.65. The lowest BCUT2D eigenvalue weighted by atomic mass is 10.3. The highest BCUT2D eigenvalue weighted by atomic mass is 32.1. The number of fused-ring (bicyclic) bond motifs is 1. The average molecular weight is 273 g/mol. The number of oxazole rings is 1. The first kappa shape index (κ1) is 12.0. The summed E-state index contributed by atoms with van der Waals surface area (Å²) in [6, 6.07) is 10.4. The predicted molar refractivity (Wildman–Crippen MR) is 79.7 cm³/mol. The minimum absolute atomic E-state index is 0.615. The molecule has 4 nitrogen and oxygen atoms in total. The third-order valence-electron chi connectivity index (χ3n) is 3.04. The van der Waals surface area contributed by atoms with Crippen LogP contribution in [-0.2, 0) is 6.42 Å². The summed E-state index contributed by atoms with van der Waals surface area (Å²) in [5.41, 5.74) is 8.00. The number of para-hydroxylation sites is 1. The van der Waals surface area contributed by atoms with Crippen LogP contribution in [0.1, 0.15) is 4.88 Å². The molecule has 0 amide bonds. The van der Waals surface area contributed by atoms with Crippen molar-refractivity contribution in [2.75, 3.05) is 24.2 Å². The van der Waals surface area contributed by atoms with Crippen molar-refractivity contribution in [2.24, 2.45) is 0 Å². The van der Waals surface area contributed by atoms with Crippen LogP contribution in [0.5, 0.6) is 0 Å². The van der Waals surface area contributed by atoms with Crippen molar-refractivity contribution in [3.05, 3.63) is 40.6 Å². The van der Waals surface area contributed by atoms with E-state index < -0.39 is 0 Å². The highest BCUT2D eigenvalue weighted by Gasteiger charge is 2.11. The van der Waals surface area contributed by atoms with E-state index in [0.717, 1.165) is 24.1 Å². The van der Waals surface area contributed by atoms with Gasteiger partial charge in [-0.15, -0.1) is 11.3 Å². The number of nitrogens with zero attached hydrogens (tertiary/aromatic N) is 2. The number of anilines is 2. The summed E-state index contributed by atoms with van der Waals surface area (Å²) in [7, 11) is 1.98. The SMILES string of the molecule is CN(CCc1cccs1)c1nc2c(N)cccc2o1. The van der Waals surface area contributed by atoms with Crippen LogP contribution in [-0.4, -0.2) is 18.6 Å². The first-order valence-corrected chi connectivity index (χ1v) is 7.00. The zero-order chi connectivity index (χ0) is 13.2. The van der Waals surface area contributed by atoms with Crippen molar-refractivity contribution in [1.29, 1.82) is 0 Å². The summed E-state index contributed by atoms with van der Waals surface area (Å²) >= 11 is 1.77. The molecule has 0 saturated carbocycles. The van der Waals surface area contributed by atoms with Crippen LogP contribution in [0.15, 0.2) is 40.1 Å². The van der Waals surface area contributed by atoms with Gasteiger partial charge in [-0.05, 0) is 30.0 Å². The first-order valence-electron chi connectivity index (χ1n) is 6.12. The molecule has 2 heterocycles. The Labute approximate surface area is 115 Å². The van der Waals surface area contributed by atoms with Crippen molar-refractivity contribution in [3.63, 3.8) is 0 Å². The van der Waals surface area contributed by atoms with E-state index in [4.69, 9.17) is 10.2 Å². The van der Waals surface area contributed by atoms with Gasteiger partial charge in [0.25, 0.3) is 6.01 Å². The van der Waals surface area contributed by atoms with E-state index in [9.17, 15) is 0 Å². The minimum Gasteiger partial charge on any atom is -0.423 e. The topological polar surface area (TPSA) is 55.3 Å². The number of aromatic nitrogens is 1. The lowest BCUT2D eigenvalue weighted by Gasteiger charge is -2.13. The molecule has 0 unspecified atom stereocenters. The Morgan fingerprint density at radius 1 is 1.32 bits per heavy atom. The van der Waals surface area contributed by atoms with Crippen LogP contribution in [0.2, 0.25) is 0 Å². The quantitative estimate of drug-likeness (QED) is 0.742. The van der Waals surface area contributed by atoms with E-state index in [-0.39, 0.29) is 0 Å². The Balaban J connectivity index is 1.77. The van der Waals surface area contributed by atoms with Gasteiger partial charge in [0.15, 0.2) is 5.58 Å². The molecule has 19 heavy (non-hydrogen) atoms. The Bertz CT molecular complexity index is 675. The van der Waals surface area contributed by atoms with Gasteiger partial charge in [-0.3, -0.25) is 0 Å². The minimum atomic E-state index is 0.615. The molecule has 98 valence electrons. The number of likely N-dealkylation sites (N-methyl/N-ethyl adjacent to an activating group) is 1.